The van der Waals surface area contributed by atoms with E-state index < -0.39 is 17.6 Å². The van der Waals surface area contributed by atoms with Gasteiger partial charge in [-0.2, -0.15) is 0 Å². The van der Waals surface area contributed by atoms with Crippen LogP contribution >= 0.6 is 0 Å². The normalized spacial score (nSPS) is 15.8. The lowest BCUT2D eigenvalue weighted by Crippen LogP contribution is -2.27. The second-order valence-corrected chi connectivity index (χ2v) is 9.23. The molecule has 1 aliphatic carbocycles. The fourth-order valence-corrected chi connectivity index (χ4v) is 3.93. The molecular formula is C24H34N4O4. The Morgan fingerprint density at radius 2 is 1.97 bits per heavy atom. The number of esters is 1. The zero-order valence-electron chi connectivity index (χ0n) is 19.4. The van der Waals surface area contributed by atoms with E-state index in [2.05, 4.69) is 15.3 Å². The molecule has 1 saturated carbocycles. The van der Waals surface area contributed by atoms with Crippen molar-refractivity contribution in [2.45, 2.75) is 83.7 Å². The summed E-state index contributed by atoms with van der Waals surface area (Å²) in [5.74, 6) is 0.958. The summed E-state index contributed by atoms with van der Waals surface area (Å²) in [5.41, 5.74) is 0.955. The molecule has 8 nitrogen and oxygen atoms in total. The molecule has 8 heteroatoms. The first-order valence-corrected chi connectivity index (χ1v) is 11.4. The number of carbonyl (C=O) groups is 2. The van der Waals surface area contributed by atoms with Gasteiger partial charge in [0.05, 0.1) is 12.3 Å². The predicted octanol–water partition coefficient (Wildman–Crippen LogP) is 5.09. The van der Waals surface area contributed by atoms with Gasteiger partial charge in [-0.15, -0.1) is 0 Å². The van der Waals surface area contributed by atoms with Gasteiger partial charge in [-0.3, -0.25) is 10.1 Å². The zero-order chi connectivity index (χ0) is 23.1. The molecule has 1 unspecified atom stereocenters. The molecule has 32 heavy (non-hydrogen) atoms. The van der Waals surface area contributed by atoms with Gasteiger partial charge in [0.15, 0.2) is 0 Å². The Hall–Kier alpha value is -2.90. The van der Waals surface area contributed by atoms with Gasteiger partial charge in [-0.05, 0) is 58.6 Å². The molecule has 2 heterocycles. The standard InChI is InChI=1S/C24H34N4O4/c1-5-31-22(29)18(19-15-26-21(27-19)17-9-7-6-8-10-17)13-16-11-12-20(25-14-16)28-23(30)32-24(2,3)4/h11-12,14-15,17-18H,5-10,13H2,1-4H3,(H,26,27)(H,25,28,30). The highest BCUT2D eigenvalue weighted by molar-refractivity contribution is 5.83. The minimum absolute atomic E-state index is 0.301. The van der Waals surface area contributed by atoms with E-state index in [4.69, 9.17) is 14.5 Å². The highest BCUT2D eigenvalue weighted by Gasteiger charge is 2.27. The number of pyridine rings is 1. The van der Waals surface area contributed by atoms with Crippen LogP contribution in [0.15, 0.2) is 24.5 Å². The molecule has 174 valence electrons. The Morgan fingerprint density at radius 1 is 1.22 bits per heavy atom. The van der Waals surface area contributed by atoms with Crippen LogP contribution in [0.4, 0.5) is 10.6 Å². The van der Waals surface area contributed by atoms with Crippen molar-refractivity contribution < 1.29 is 19.1 Å². The van der Waals surface area contributed by atoms with Crippen molar-refractivity contribution in [3.8, 4) is 0 Å². The Bertz CT molecular complexity index is 895. The molecule has 0 radical (unpaired) electrons. The average Bonchev–Trinajstić information content (AvgIpc) is 3.22. The predicted molar refractivity (Wildman–Crippen MR) is 122 cm³/mol. The lowest BCUT2D eigenvalue weighted by atomic mass is 9.89. The summed E-state index contributed by atoms with van der Waals surface area (Å²) in [7, 11) is 0. The number of aromatic nitrogens is 3. The summed E-state index contributed by atoms with van der Waals surface area (Å²) in [6, 6.07) is 3.53. The lowest BCUT2D eigenvalue weighted by molar-refractivity contribution is -0.145. The van der Waals surface area contributed by atoms with Gasteiger partial charge in [0.2, 0.25) is 0 Å². The molecule has 0 saturated heterocycles. The highest BCUT2D eigenvalue weighted by Crippen LogP contribution is 2.32. The Balaban J connectivity index is 1.70. The smallest absolute Gasteiger partial charge is 0.413 e. The van der Waals surface area contributed by atoms with E-state index in [1.807, 2.05) is 12.3 Å². The number of hydrogen-bond donors (Lipinski definition) is 2. The molecule has 1 amide bonds. The van der Waals surface area contributed by atoms with Gasteiger partial charge in [0.1, 0.15) is 23.2 Å². The van der Waals surface area contributed by atoms with Crippen molar-refractivity contribution in [1.29, 1.82) is 0 Å². The summed E-state index contributed by atoms with van der Waals surface area (Å²) in [4.78, 5) is 37.0. The summed E-state index contributed by atoms with van der Waals surface area (Å²) < 4.78 is 10.6. The van der Waals surface area contributed by atoms with Gasteiger partial charge < -0.3 is 14.5 Å². The third kappa shape index (κ3) is 6.80. The fourth-order valence-electron chi connectivity index (χ4n) is 3.93. The number of amides is 1. The van der Waals surface area contributed by atoms with Crippen LogP contribution in [-0.2, 0) is 20.7 Å². The molecule has 2 N–H and O–H groups in total. The minimum Gasteiger partial charge on any atom is -0.465 e. The van der Waals surface area contributed by atoms with Crippen molar-refractivity contribution in [1.82, 2.24) is 15.0 Å². The number of anilines is 1. The first-order chi connectivity index (χ1) is 15.2. The van der Waals surface area contributed by atoms with E-state index in [0.29, 0.717) is 30.5 Å². The highest BCUT2D eigenvalue weighted by atomic mass is 16.6. The summed E-state index contributed by atoms with van der Waals surface area (Å²) >= 11 is 0. The molecule has 0 bridgehead atoms. The van der Waals surface area contributed by atoms with Crippen LogP contribution in [0, 0.1) is 0 Å². The van der Waals surface area contributed by atoms with E-state index in [1.165, 1.54) is 19.3 Å². The first kappa shape index (κ1) is 23.8. The summed E-state index contributed by atoms with van der Waals surface area (Å²) in [6.07, 6.45) is 9.31. The van der Waals surface area contributed by atoms with Gasteiger partial charge in [-0.1, -0.05) is 25.3 Å². The number of imidazole rings is 1. The van der Waals surface area contributed by atoms with Gasteiger partial charge in [-0.25, -0.2) is 14.8 Å². The van der Waals surface area contributed by atoms with Crippen molar-refractivity contribution >= 4 is 17.9 Å². The van der Waals surface area contributed by atoms with Gasteiger partial charge in [0, 0.05) is 18.3 Å². The molecule has 2 aromatic heterocycles. The number of H-pyrrole nitrogens is 1. The minimum atomic E-state index is -0.586. The van der Waals surface area contributed by atoms with E-state index in [-0.39, 0.29) is 5.97 Å². The molecule has 0 spiro atoms. The molecular weight excluding hydrogens is 408 g/mol. The molecule has 0 aromatic carbocycles. The summed E-state index contributed by atoms with van der Waals surface area (Å²) in [6.45, 7) is 7.51. The average molecular weight is 443 g/mol. The van der Waals surface area contributed by atoms with Crippen LogP contribution in [0.1, 0.15) is 88.7 Å². The number of ether oxygens (including phenoxy) is 2. The SMILES string of the molecule is CCOC(=O)C(Cc1ccc(NC(=O)OC(C)(C)C)nc1)c1c[nH]c(C2CCCCC2)n1. The maximum absolute atomic E-state index is 12.7. The van der Waals surface area contributed by atoms with E-state index in [1.54, 1.807) is 40.0 Å². The molecule has 1 atom stereocenters. The van der Waals surface area contributed by atoms with Crippen molar-refractivity contribution in [3.63, 3.8) is 0 Å². The van der Waals surface area contributed by atoms with Crippen LogP contribution in [0.2, 0.25) is 0 Å². The topological polar surface area (TPSA) is 106 Å². The quantitative estimate of drug-likeness (QED) is 0.579. The second kappa shape index (κ2) is 10.6. The van der Waals surface area contributed by atoms with Crippen LogP contribution in [0.5, 0.6) is 0 Å². The summed E-state index contributed by atoms with van der Waals surface area (Å²) in [5, 5.41) is 2.61. The van der Waals surface area contributed by atoms with Crippen LogP contribution in [-0.4, -0.2) is 39.2 Å². The lowest BCUT2D eigenvalue weighted by Gasteiger charge is -2.19. The second-order valence-electron chi connectivity index (χ2n) is 9.23. The molecule has 1 fully saturated rings. The van der Waals surface area contributed by atoms with Crippen molar-refractivity contribution in [3.05, 3.63) is 41.6 Å². The first-order valence-electron chi connectivity index (χ1n) is 11.4. The van der Waals surface area contributed by atoms with Crippen molar-refractivity contribution in [2.24, 2.45) is 0 Å². The fraction of sp³-hybridized carbons (Fsp3) is 0.583. The third-order valence-corrected chi connectivity index (χ3v) is 5.43. The largest absolute Gasteiger partial charge is 0.465 e. The Morgan fingerprint density at radius 3 is 2.59 bits per heavy atom. The van der Waals surface area contributed by atoms with E-state index in [0.717, 1.165) is 24.2 Å². The molecule has 3 rings (SSSR count). The molecule has 1 aliphatic rings. The maximum atomic E-state index is 12.7. The molecule has 2 aromatic rings. The van der Waals surface area contributed by atoms with E-state index in [9.17, 15) is 9.59 Å². The number of rotatable bonds is 7. The zero-order valence-corrected chi connectivity index (χ0v) is 19.4. The maximum Gasteiger partial charge on any atom is 0.413 e. The molecule has 0 aliphatic heterocycles. The Labute approximate surface area is 189 Å². The number of nitrogens with zero attached hydrogens (tertiary/aromatic N) is 2. The third-order valence-electron chi connectivity index (χ3n) is 5.43. The van der Waals surface area contributed by atoms with Crippen LogP contribution in [0.25, 0.3) is 0 Å². The number of nitrogens with one attached hydrogen (secondary N) is 2. The van der Waals surface area contributed by atoms with E-state index >= 15 is 0 Å². The van der Waals surface area contributed by atoms with Gasteiger partial charge >= 0.3 is 12.1 Å². The van der Waals surface area contributed by atoms with Crippen LogP contribution < -0.4 is 5.32 Å². The van der Waals surface area contributed by atoms with Crippen LogP contribution in [0.3, 0.4) is 0 Å². The Kier molecular flexibility index (Phi) is 7.88. The number of carbonyl (C=O) groups excluding carboxylic acids is 2. The number of hydrogen-bond acceptors (Lipinski definition) is 6. The van der Waals surface area contributed by atoms with Gasteiger partial charge in [0.25, 0.3) is 0 Å². The monoisotopic (exact) mass is 442 g/mol. The van der Waals surface area contributed by atoms with Crippen molar-refractivity contribution in [2.75, 3.05) is 11.9 Å². The number of aromatic amines is 1.